The van der Waals surface area contributed by atoms with Gasteiger partial charge in [0.25, 0.3) is 5.91 Å². The summed E-state index contributed by atoms with van der Waals surface area (Å²) in [5, 5.41) is 8.42. The van der Waals surface area contributed by atoms with Crippen LogP contribution in [0.3, 0.4) is 0 Å². The first-order valence-electron chi connectivity index (χ1n) is 10.5. The van der Waals surface area contributed by atoms with Crippen molar-refractivity contribution in [1.82, 2.24) is 24.8 Å². The molecule has 1 aromatic carbocycles. The maximum atomic E-state index is 13.3. The Kier molecular flexibility index (Phi) is 5.73. The van der Waals surface area contributed by atoms with Crippen LogP contribution in [0, 0.1) is 0 Å². The lowest BCUT2D eigenvalue weighted by Crippen LogP contribution is -2.45. The summed E-state index contributed by atoms with van der Waals surface area (Å²) in [5.74, 6) is -0.187. The molecule has 4 heterocycles. The van der Waals surface area contributed by atoms with Gasteiger partial charge in [-0.25, -0.2) is 9.69 Å². The highest BCUT2D eigenvalue weighted by Gasteiger charge is 2.30. The minimum absolute atomic E-state index is 0.187. The van der Waals surface area contributed by atoms with Crippen molar-refractivity contribution in [2.24, 2.45) is 0 Å². The first-order valence-corrected chi connectivity index (χ1v) is 11.6. The van der Waals surface area contributed by atoms with Crippen molar-refractivity contribution in [2.45, 2.75) is 38.6 Å². The van der Waals surface area contributed by atoms with E-state index in [2.05, 4.69) is 9.99 Å². The van der Waals surface area contributed by atoms with Crippen molar-refractivity contribution in [2.75, 3.05) is 13.1 Å². The van der Waals surface area contributed by atoms with Gasteiger partial charge in [0, 0.05) is 30.2 Å². The van der Waals surface area contributed by atoms with Crippen LogP contribution < -0.4 is 5.43 Å². The summed E-state index contributed by atoms with van der Waals surface area (Å²) in [6, 6.07) is 9.13. The zero-order chi connectivity index (χ0) is 21.5. The average molecular weight is 479 g/mol. The Labute approximate surface area is 195 Å². The lowest BCUT2D eigenvalue weighted by Gasteiger charge is -2.26. The Morgan fingerprint density at radius 2 is 1.77 bits per heavy atom. The van der Waals surface area contributed by atoms with Gasteiger partial charge < -0.3 is 4.57 Å². The molecule has 0 bridgehead atoms. The minimum atomic E-state index is -0.187. The maximum absolute atomic E-state index is 13.3. The van der Waals surface area contributed by atoms with Gasteiger partial charge in [-0.15, -0.1) is 0 Å². The Morgan fingerprint density at radius 3 is 2.55 bits per heavy atom. The van der Waals surface area contributed by atoms with Crippen LogP contribution in [0.5, 0.6) is 0 Å². The summed E-state index contributed by atoms with van der Waals surface area (Å²) in [6.45, 7) is 2.49. The number of benzene rings is 1. The Morgan fingerprint density at radius 1 is 0.968 bits per heavy atom. The molecular weight excluding hydrogens is 457 g/mol. The number of carbonyl (C=O) groups is 1. The van der Waals surface area contributed by atoms with Gasteiger partial charge in [-0.05, 0) is 56.0 Å². The van der Waals surface area contributed by atoms with E-state index in [0.717, 1.165) is 62.3 Å². The normalized spacial score (nSPS) is 16.5. The minimum Gasteiger partial charge on any atom is -0.330 e. The maximum Gasteiger partial charge on any atom is 0.286 e. The number of carbonyl (C=O) groups excluding carboxylic acids is 1. The molecule has 162 valence electrons. The van der Waals surface area contributed by atoms with Crippen molar-refractivity contribution in [3.63, 3.8) is 0 Å². The molecule has 2 aromatic heterocycles. The number of nitrogens with zero attached hydrogens (tertiary/aromatic N) is 4. The molecule has 6 nitrogen and oxygen atoms in total. The fourth-order valence-corrected chi connectivity index (χ4v) is 5.18. The summed E-state index contributed by atoms with van der Waals surface area (Å²) in [6.07, 6.45) is 4.95. The van der Waals surface area contributed by atoms with E-state index in [4.69, 9.17) is 39.9 Å². The standard InChI is InChI=1S/C22H22Cl3N5O/c23-14-6-7-17(16(24)13-14)30-21-15(5-4-12-29-18(21)8-9-19(29)25)20(26-30)22(31)27-28-10-2-1-3-11-28/h6-9,13H,1-5,10-12H2,(H,27,31). The van der Waals surface area contributed by atoms with Gasteiger partial charge in [0.2, 0.25) is 0 Å². The van der Waals surface area contributed by atoms with Crippen LogP contribution in [-0.2, 0) is 13.0 Å². The second-order valence-electron chi connectivity index (χ2n) is 7.97. The molecule has 2 aliphatic heterocycles. The molecule has 0 atom stereocenters. The molecule has 1 fully saturated rings. The number of hydrazine groups is 1. The number of aromatic nitrogens is 3. The number of nitrogens with one attached hydrogen (secondary N) is 1. The molecule has 0 unspecified atom stereocenters. The van der Waals surface area contributed by atoms with E-state index in [1.54, 1.807) is 16.8 Å². The summed E-state index contributed by atoms with van der Waals surface area (Å²) >= 11 is 19.1. The zero-order valence-corrected chi connectivity index (χ0v) is 19.1. The Balaban J connectivity index is 1.65. The number of hydrogen-bond acceptors (Lipinski definition) is 3. The summed E-state index contributed by atoms with van der Waals surface area (Å²) in [4.78, 5) is 13.3. The van der Waals surface area contributed by atoms with Gasteiger partial charge in [-0.2, -0.15) is 5.10 Å². The largest absolute Gasteiger partial charge is 0.330 e. The van der Waals surface area contributed by atoms with E-state index >= 15 is 0 Å². The molecular formula is C22H22Cl3N5O. The molecule has 0 radical (unpaired) electrons. The fourth-order valence-electron chi connectivity index (χ4n) is 4.45. The van der Waals surface area contributed by atoms with Gasteiger partial charge in [0.15, 0.2) is 5.69 Å². The predicted molar refractivity (Wildman–Crippen MR) is 123 cm³/mol. The van der Waals surface area contributed by atoms with E-state index in [0.29, 0.717) is 26.6 Å². The van der Waals surface area contributed by atoms with Gasteiger partial charge >= 0.3 is 0 Å². The molecule has 0 saturated carbocycles. The van der Waals surface area contributed by atoms with Crippen molar-refractivity contribution in [3.8, 4) is 17.1 Å². The van der Waals surface area contributed by atoms with E-state index < -0.39 is 0 Å². The third-order valence-electron chi connectivity index (χ3n) is 5.93. The van der Waals surface area contributed by atoms with Crippen LogP contribution in [0.15, 0.2) is 30.3 Å². The molecule has 0 aliphatic carbocycles. The molecule has 3 aromatic rings. The monoisotopic (exact) mass is 477 g/mol. The average Bonchev–Trinajstić information content (AvgIpc) is 3.23. The topological polar surface area (TPSA) is 55.1 Å². The van der Waals surface area contributed by atoms with Crippen LogP contribution >= 0.6 is 34.8 Å². The van der Waals surface area contributed by atoms with Crippen LogP contribution in [0.2, 0.25) is 15.2 Å². The molecule has 31 heavy (non-hydrogen) atoms. The van der Waals surface area contributed by atoms with Gasteiger partial charge in [0.05, 0.1) is 22.1 Å². The molecule has 2 aliphatic rings. The molecule has 1 N–H and O–H groups in total. The highest BCUT2D eigenvalue weighted by atomic mass is 35.5. The van der Waals surface area contributed by atoms with E-state index in [-0.39, 0.29) is 5.91 Å². The Hall–Kier alpha value is -1.99. The van der Waals surface area contributed by atoms with Crippen LogP contribution in [-0.4, -0.2) is 38.4 Å². The van der Waals surface area contributed by atoms with Gasteiger partial charge in [-0.1, -0.05) is 41.2 Å². The molecule has 5 rings (SSSR count). The second kappa shape index (κ2) is 8.51. The molecule has 9 heteroatoms. The van der Waals surface area contributed by atoms with Crippen LogP contribution in [0.25, 0.3) is 17.1 Å². The van der Waals surface area contributed by atoms with Crippen molar-refractivity contribution in [3.05, 3.63) is 56.8 Å². The quantitative estimate of drug-likeness (QED) is 0.550. The van der Waals surface area contributed by atoms with E-state index in [1.165, 1.54) is 6.42 Å². The summed E-state index contributed by atoms with van der Waals surface area (Å²) in [7, 11) is 0. The number of amides is 1. The van der Waals surface area contributed by atoms with Crippen molar-refractivity contribution in [1.29, 1.82) is 0 Å². The lowest BCUT2D eigenvalue weighted by molar-refractivity contribution is 0.0743. The van der Waals surface area contributed by atoms with Gasteiger partial charge in [0.1, 0.15) is 5.15 Å². The highest BCUT2D eigenvalue weighted by Crippen LogP contribution is 2.37. The molecule has 1 saturated heterocycles. The van der Waals surface area contributed by atoms with Crippen LogP contribution in [0.4, 0.5) is 0 Å². The van der Waals surface area contributed by atoms with E-state index in [9.17, 15) is 4.79 Å². The number of rotatable bonds is 3. The fraction of sp³-hybridized carbons (Fsp3) is 0.364. The number of piperidine rings is 1. The Bertz CT molecular complexity index is 1150. The first-order chi connectivity index (χ1) is 15.0. The highest BCUT2D eigenvalue weighted by molar-refractivity contribution is 6.35. The third-order valence-corrected chi connectivity index (χ3v) is 6.80. The second-order valence-corrected chi connectivity index (χ2v) is 9.20. The van der Waals surface area contributed by atoms with E-state index in [1.807, 2.05) is 23.2 Å². The first kappa shape index (κ1) is 20.9. The molecule has 0 spiro atoms. The summed E-state index contributed by atoms with van der Waals surface area (Å²) < 4.78 is 3.81. The SMILES string of the molecule is O=C(NN1CCCCC1)c1nn(-c2ccc(Cl)cc2Cl)c2c1CCCn1c(Cl)ccc1-2. The van der Waals surface area contributed by atoms with Gasteiger partial charge in [-0.3, -0.25) is 10.2 Å². The predicted octanol–water partition coefficient (Wildman–Crippen LogP) is 5.38. The number of halogens is 3. The lowest BCUT2D eigenvalue weighted by atomic mass is 10.1. The van der Waals surface area contributed by atoms with Crippen molar-refractivity contribution < 1.29 is 4.79 Å². The van der Waals surface area contributed by atoms with Crippen LogP contribution in [0.1, 0.15) is 41.7 Å². The molecule has 1 amide bonds. The summed E-state index contributed by atoms with van der Waals surface area (Å²) in [5.41, 5.74) is 6.83. The number of fused-ring (bicyclic) bond motifs is 3. The smallest absolute Gasteiger partial charge is 0.286 e. The van der Waals surface area contributed by atoms with Crippen molar-refractivity contribution >= 4 is 40.7 Å². The third kappa shape index (κ3) is 3.87. The number of hydrogen-bond donors (Lipinski definition) is 1. The zero-order valence-electron chi connectivity index (χ0n) is 16.9.